The Bertz CT molecular complexity index is 663. The van der Waals surface area contributed by atoms with E-state index < -0.39 is 105 Å². The van der Waals surface area contributed by atoms with Crippen LogP contribution in [0.3, 0.4) is 0 Å². The molecule has 3 aliphatic rings. The fourth-order valence-electron chi connectivity index (χ4n) is 3.81. The fraction of sp³-hybridized carbons (Fsp3) is 0.941. The summed E-state index contributed by atoms with van der Waals surface area (Å²) in [6, 6.07) is 0. The lowest BCUT2D eigenvalue weighted by Crippen LogP contribution is -2.65. The number of aliphatic hydroxyl groups is 9. The Morgan fingerprint density at radius 3 is 1.58 bits per heavy atom. The number of aliphatic carboxylic acids is 1. The molecule has 0 amide bonds. The Morgan fingerprint density at radius 2 is 1.09 bits per heavy atom. The van der Waals surface area contributed by atoms with Gasteiger partial charge in [-0.1, -0.05) is 0 Å². The third-order valence-corrected chi connectivity index (χ3v) is 5.71. The second-order valence-electron chi connectivity index (χ2n) is 7.88. The minimum Gasteiger partial charge on any atom is -0.479 e. The van der Waals surface area contributed by atoms with Crippen molar-refractivity contribution in [2.24, 2.45) is 0 Å². The van der Waals surface area contributed by atoms with Gasteiger partial charge in [-0.15, -0.1) is 0 Å². The highest BCUT2D eigenvalue weighted by molar-refractivity contribution is 5.73. The van der Waals surface area contributed by atoms with E-state index in [4.69, 9.17) is 23.7 Å². The number of aliphatic hydroxyl groups excluding tert-OH is 9. The van der Waals surface area contributed by atoms with Crippen molar-refractivity contribution in [2.45, 2.75) is 86.0 Å². The Morgan fingerprint density at radius 1 is 0.636 bits per heavy atom. The molecule has 10 N–H and O–H groups in total. The van der Waals surface area contributed by atoms with Gasteiger partial charge in [0, 0.05) is 0 Å². The Balaban J connectivity index is 1.83. The summed E-state index contributed by atoms with van der Waals surface area (Å²) in [4.78, 5) is 11.4. The van der Waals surface area contributed by atoms with E-state index >= 15 is 0 Å². The molecular weight excluding hydrogens is 460 g/mol. The molecule has 3 rings (SSSR count). The van der Waals surface area contributed by atoms with Crippen LogP contribution in [0.5, 0.6) is 0 Å². The lowest BCUT2D eigenvalue weighted by Gasteiger charge is -2.46. The van der Waals surface area contributed by atoms with Crippen molar-refractivity contribution >= 4 is 5.97 Å². The molecule has 3 fully saturated rings. The van der Waals surface area contributed by atoms with E-state index in [-0.39, 0.29) is 0 Å². The smallest absolute Gasteiger partial charge is 0.335 e. The van der Waals surface area contributed by atoms with Crippen LogP contribution in [0.1, 0.15) is 0 Å². The first-order chi connectivity index (χ1) is 15.5. The normalized spacial score (nSPS) is 50.9. The summed E-state index contributed by atoms with van der Waals surface area (Å²) < 4.78 is 26.0. The highest BCUT2D eigenvalue weighted by atomic mass is 16.8. The summed E-state index contributed by atoms with van der Waals surface area (Å²) in [7, 11) is 0. The maximum atomic E-state index is 11.4. The lowest BCUT2D eigenvalue weighted by molar-refractivity contribution is -0.372. The van der Waals surface area contributed by atoms with Gasteiger partial charge in [0.2, 0.25) is 0 Å². The quantitative estimate of drug-likeness (QED) is 0.159. The predicted octanol–water partition coefficient (Wildman–Crippen LogP) is -6.84. The average Bonchev–Trinajstić information content (AvgIpc) is 3.05. The fourth-order valence-corrected chi connectivity index (χ4v) is 3.81. The van der Waals surface area contributed by atoms with Crippen molar-refractivity contribution in [3.8, 4) is 0 Å². The standard InChI is InChI=1S/C17H28O16/c18-1-3-5(20)7(22)9(24)17(29-3)33-13-11(10(25)12(14(26)27)31-15(13)28)32-16-8(23)6(21)4(2-19)30-16/h3-13,15-25,28H,1-2H2,(H,26,27)/t3?,4-,5+,6?,7+,8+,9?,10-,11+,12?,13?,15-,16+,17+/m1/s1. The number of rotatable bonds is 7. The van der Waals surface area contributed by atoms with Crippen LogP contribution >= 0.6 is 0 Å². The van der Waals surface area contributed by atoms with Gasteiger partial charge in [0.1, 0.15) is 61.0 Å². The Kier molecular flexibility index (Phi) is 8.57. The van der Waals surface area contributed by atoms with Crippen molar-refractivity contribution in [3.63, 3.8) is 0 Å². The van der Waals surface area contributed by atoms with Gasteiger partial charge in [-0.05, 0) is 0 Å². The largest absolute Gasteiger partial charge is 0.479 e. The van der Waals surface area contributed by atoms with Crippen molar-refractivity contribution < 1.29 is 79.5 Å². The molecule has 3 aliphatic heterocycles. The predicted molar refractivity (Wildman–Crippen MR) is 95.8 cm³/mol. The molecule has 0 aliphatic carbocycles. The molecule has 16 heteroatoms. The van der Waals surface area contributed by atoms with Crippen molar-refractivity contribution in [2.75, 3.05) is 13.2 Å². The van der Waals surface area contributed by atoms with Crippen LogP contribution in [0, 0.1) is 0 Å². The van der Waals surface area contributed by atoms with Crippen LogP contribution in [0.15, 0.2) is 0 Å². The molecule has 192 valence electrons. The molecule has 33 heavy (non-hydrogen) atoms. The minimum atomic E-state index is -2.12. The lowest BCUT2D eigenvalue weighted by atomic mass is 9.97. The average molecular weight is 488 g/mol. The zero-order valence-corrected chi connectivity index (χ0v) is 16.9. The highest BCUT2D eigenvalue weighted by Gasteiger charge is 2.55. The van der Waals surface area contributed by atoms with E-state index in [2.05, 4.69) is 0 Å². The maximum Gasteiger partial charge on any atom is 0.335 e. The van der Waals surface area contributed by atoms with Crippen LogP contribution in [0.2, 0.25) is 0 Å². The van der Waals surface area contributed by atoms with Crippen LogP contribution in [0.25, 0.3) is 0 Å². The van der Waals surface area contributed by atoms with E-state index in [1.807, 2.05) is 0 Å². The highest BCUT2D eigenvalue weighted by Crippen LogP contribution is 2.33. The number of hydrogen-bond donors (Lipinski definition) is 10. The molecule has 3 heterocycles. The molecule has 0 saturated carbocycles. The molecule has 0 radical (unpaired) electrons. The topological polar surface area (TPSA) is 266 Å². The zero-order chi connectivity index (χ0) is 24.6. The molecule has 14 atom stereocenters. The van der Waals surface area contributed by atoms with Crippen LogP contribution < -0.4 is 0 Å². The Hall–Kier alpha value is -1.09. The van der Waals surface area contributed by atoms with Gasteiger partial charge in [0.15, 0.2) is 25.0 Å². The van der Waals surface area contributed by atoms with Crippen LogP contribution in [-0.2, 0) is 28.5 Å². The second-order valence-corrected chi connectivity index (χ2v) is 7.88. The third-order valence-electron chi connectivity index (χ3n) is 5.71. The molecule has 5 unspecified atom stereocenters. The van der Waals surface area contributed by atoms with Gasteiger partial charge in [-0.25, -0.2) is 4.79 Å². The van der Waals surface area contributed by atoms with Gasteiger partial charge in [0.25, 0.3) is 0 Å². The van der Waals surface area contributed by atoms with Crippen LogP contribution in [0.4, 0.5) is 0 Å². The number of carbonyl (C=O) groups is 1. The zero-order valence-electron chi connectivity index (χ0n) is 16.9. The van der Waals surface area contributed by atoms with Crippen molar-refractivity contribution in [1.82, 2.24) is 0 Å². The molecule has 0 bridgehead atoms. The van der Waals surface area contributed by atoms with Gasteiger partial charge < -0.3 is 74.7 Å². The molecular formula is C17H28O16. The first-order valence-electron chi connectivity index (χ1n) is 10.00. The molecule has 0 spiro atoms. The number of ether oxygens (including phenoxy) is 5. The second kappa shape index (κ2) is 10.7. The summed E-state index contributed by atoms with van der Waals surface area (Å²) >= 11 is 0. The number of carboxylic acid groups (broad SMARTS) is 1. The van der Waals surface area contributed by atoms with E-state index in [1.165, 1.54) is 0 Å². The summed E-state index contributed by atoms with van der Waals surface area (Å²) in [5.74, 6) is -1.69. The maximum absolute atomic E-state index is 11.4. The monoisotopic (exact) mass is 488 g/mol. The van der Waals surface area contributed by atoms with E-state index in [0.29, 0.717) is 0 Å². The van der Waals surface area contributed by atoms with Crippen LogP contribution in [-0.4, -0.2) is 156 Å². The summed E-state index contributed by atoms with van der Waals surface area (Å²) in [6.45, 7) is -1.50. The third kappa shape index (κ3) is 5.14. The molecule has 3 saturated heterocycles. The molecule has 0 aromatic heterocycles. The van der Waals surface area contributed by atoms with Gasteiger partial charge in [-0.2, -0.15) is 0 Å². The molecule has 16 nitrogen and oxygen atoms in total. The first kappa shape index (κ1) is 26.5. The van der Waals surface area contributed by atoms with E-state index in [1.54, 1.807) is 0 Å². The van der Waals surface area contributed by atoms with Gasteiger partial charge in [-0.3, -0.25) is 0 Å². The minimum absolute atomic E-state index is 0.709. The summed E-state index contributed by atoms with van der Waals surface area (Å²) in [6.07, 6.45) is -24.9. The van der Waals surface area contributed by atoms with Gasteiger partial charge in [0.05, 0.1) is 13.2 Å². The van der Waals surface area contributed by atoms with Crippen molar-refractivity contribution in [3.05, 3.63) is 0 Å². The number of carboxylic acids is 1. The molecule has 0 aromatic rings. The first-order valence-corrected chi connectivity index (χ1v) is 10.00. The summed E-state index contributed by atoms with van der Waals surface area (Å²) in [5, 5.41) is 98.5. The molecule has 0 aromatic carbocycles. The summed E-state index contributed by atoms with van der Waals surface area (Å²) in [5.41, 5.74) is 0. The van der Waals surface area contributed by atoms with Crippen molar-refractivity contribution in [1.29, 1.82) is 0 Å². The van der Waals surface area contributed by atoms with E-state index in [9.17, 15) is 55.9 Å². The SMILES string of the molecule is O=C(O)C1O[C@@H](O)C(O[C@@H]2OC(CO)[C@H](O)[C@H](O)C2O)[C@@H](O[C@@H]2O[C@H](CO)C(O)[C@@H]2O)[C@H]1O. The Labute approximate surface area is 185 Å². The van der Waals surface area contributed by atoms with E-state index in [0.717, 1.165) is 0 Å². The van der Waals surface area contributed by atoms with Gasteiger partial charge >= 0.3 is 5.97 Å². The number of hydrogen-bond acceptors (Lipinski definition) is 15.